The molecule has 1 spiro atoms. The third-order valence-corrected chi connectivity index (χ3v) is 6.39. The summed E-state index contributed by atoms with van der Waals surface area (Å²) in [7, 11) is -3.04. The molecule has 0 aromatic heterocycles. The summed E-state index contributed by atoms with van der Waals surface area (Å²) in [5.41, 5.74) is -0.0687. The summed E-state index contributed by atoms with van der Waals surface area (Å²) in [6.07, 6.45) is 3.34. The van der Waals surface area contributed by atoms with Crippen LogP contribution in [0.3, 0.4) is 0 Å². The first-order valence-electron chi connectivity index (χ1n) is 8.44. The van der Waals surface area contributed by atoms with E-state index in [4.69, 9.17) is 9.90 Å². The van der Waals surface area contributed by atoms with Gasteiger partial charge in [0.2, 0.25) is 10.0 Å². The molecule has 10 heteroatoms. The fraction of sp³-hybridized carbons (Fsp3) is 0.933. The number of rotatable bonds is 3. The Balaban J connectivity index is 0.000000277. The summed E-state index contributed by atoms with van der Waals surface area (Å²) in [6, 6.07) is 0. The van der Waals surface area contributed by atoms with E-state index in [2.05, 4.69) is 4.90 Å². The lowest BCUT2D eigenvalue weighted by molar-refractivity contribution is -0.192. The molecule has 0 aromatic rings. The zero-order chi connectivity index (χ0) is 18.9. The fourth-order valence-corrected chi connectivity index (χ4v) is 5.27. The summed E-state index contributed by atoms with van der Waals surface area (Å²) in [5, 5.41) is 7.12. The van der Waals surface area contributed by atoms with Gasteiger partial charge >= 0.3 is 12.1 Å². The second kappa shape index (κ2) is 7.40. The molecule has 6 nitrogen and oxygen atoms in total. The summed E-state index contributed by atoms with van der Waals surface area (Å²) < 4.78 is 57.5. The summed E-state index contributed by atoms with van der Waals surface area (Å²) >= 11 is 0. The van der Waals surface area contributed by atoms with Crippen LogP contribution >= 0.6 is 0 Å². The van der Waals surface area contributed by atoms with Gasteiger partial charge in [0.1, 0.15) is 0 Å². The van der Waals surface area contributed by atoms with E-state index < -0.39 is 22.2 Å². The number of sulfonamides is 1. The monoisotopic (exact) mass is 386 g/mol. The standard InChI is InChI=1S/C13H24N2O2S.C2HF3O2/c1-18(16,17)15-9-3-7-13(15)6-2-8-14(11-13)10-12-4-5-12;3-2(4,5)1(6)7/h12H,2-11H2,1H3;(H,6,7). The molecule has 1 atom stereocenters. The molecule has 1 unspecified atom stereocenters. The molecule has 0 bridgehead atoms. The lowest BCUT2D eigenvalue weighted by Gasteiger charge is -2.45. The van der Waals surface area contributed by atoms with Crippen molar-refractivity contribution in [2.75, 3.05) is 32.4 Å². The minimum atomic E-state index is -5.08. The molecule has 1 saturated carbocycles. The summed E-state index contributed by atoms with van der Waals surface area (Å²) in [4.78, 5) is 11.4. The minimum Gasteiger partial charge on any atom is -0.475 e. The SMILES string of the molecule is CS(=O)(=O)N1CCCC12CCCN(CC1CC1)C2.O=C(O)C(F)(F)F. The van der Waals surface area contributed by atoms with Gasteiger partial charge in [-0.2, -0.15) is 17.5 Å². The van der Waals surface area contributed by atoms with Crippen LogP contribution in [0.4, 0.5) is 13.2 Å². The largest absolute Gasteiger partial charge is 0.490 e. The fourth-order valence-electron chi connectivity index (χ4n) is 3.87. The van der Waals surface area contributed by atoms with Crippen molar-refractivity contribution in [2.24, 2.45) is 5.92 Å². The number of likely N-dealkylation sites (tertiary alicyclic amines) is 1. The van der Waals surface area contributed by atoms with Crippen molar-refractivity contribution < 1.29 is 31.5 Å². The molecule has 3 aliphatic rings. The highest BCUT2D eigenvalue weighted by Gasteiger charge is 2.48. The second-order valence-corrected chi connectivity index (χ2v) is 9.15. The van der Waals surface area contributed by atoms with Gasteiger partial charge in [-0.25, -0.2) is 13.2 Å². The molecule has 1 N–H and O–H groups in total. The van der Waals surface area contributed by atoms with Crippen molar-refractivity contribution in [3.05, 3.63) is 0 Å². The number of carbonyl (C=O) groups is 1. The van der Waals surface area contributed by atoms with Gasteiger partial charge in [0, 0.05) is 25.2 Å². The highest BCUT2D eigenvalue weighted by molar-refractivity contribution is 7.88. The molecule has 2 saturated heterocycles. The van der Waals surface area contributed by atoms with E-state index >= 15 is 0 Å². The lowest BCUT2D eigenvalue weighted by Crippen LogP contribution is -2.57. The van der Waals surface area contributed by atoms with Crippen LogP contribution in [0.2, 0.25) is 0 Å². The topological polar surface area (TPSA) is 77.9 Å². The van der Waals surface area contributed by atoms with Crippen molar-refractivity contribution >= 4 is 16.0 Å². The second-order valence-electron chi connectivity index (χ2n) is 7.25. The highest BCUT2D eigenvalue weighted by Crippen LogP contribution is 2.40. The van der Waals surface area contributed by atoms with Crippen LogP contribution in [0.1, 0.15) is 38.5 Å². The number of hydrogen-bond donors (Lipinski definition) is 1. The van der Waals surface area contributed by atoms with Crippen molar-refractivity contribution in [1.82, 2.24) is 9.21 Å². The van der Waals surface area contributed by atoms with Crippen molar-refractivity contribution in [2.45, 2.75) is 50.2 Å². The van der Waals surface area contributed by atoms with E-state index in [1.807, 2.05) is 0 Å². The average Bonchev–Trinajstić information content (AvgIpc) is 3.17. The molecule has 0 aromatic carbocycles. The zero-order valence-electron chi connectivity index (χ0n) is 14.3. The number of nitrogens with zero attached hydrogens (tertiary/aromatic N) is 2. The Morgan fingerprint density at radius 3 is 2.16 bits per heavy atom. The molecule has 2 aliphatic heterocycles. The predicted octanol–water partition coefficient (Wildman–Crippen LogP) is 1.92. The number of halogens is 3. The first-order chi connectivity index (χ1) is 11.4. The summed E-state index contributed by atoms with van der Waals surface area (Å²) in [5.74, 6) is -1.86. The molecule has 0 radical (unpaired) electrons. The van der Waals surface area contributed by atoms with Gasteiger partial charge in [-0.1, -0.05) is 0 Å². The Morgan fingerprint density at radius 1 is 1.20 bits per heavy atom. The van der Waals surface area contributed by atoms with E-state index in [0.717, 1.165) is 51.2 Å². The average molecular weight is 386 g/mol. The Kier molecular flexibility index (Phi) is 6.05. The number of aliphatic carboxylic acids is 1. The van der Waals surface area contributed by atoms with E-state index in [1.54, 1.807) is 4.31 Å². The Hall–Kier alpha value is -0.870. The van der Waals surface area contributed by atoms with Gasteiger partial charge in [-0.05, 0) is 51.0 Å². The molecule has 0 amide bonds. The number of carboxylic acid groups (broad SMARTS) is 1. The van der Waals surface area contributed by atoms with Gasteiger partial charge in [0.15, 0.2) is 0 Å². The number of carboxylic acids is 1. The van der Waals surface area contributed by atoms with Crippen molar-refractivity contribution in [3.63, 3.8) is 0 Å². The molecular formula is C15H25F3N2O4S. The van der Waals surface area contributed by atoms with E-state index in [0.29, 0.717) is 0 Å². The Labute approximate surface area is 146 Å². The Morgan fingerprint density at radius 2 is 1.72 bits per heavy atom. The molecule has 146 valence electrons. The predicted molar refractivity (Wildman–Crippen MR) is 85.6 cm³/mol. The van der Waals surface area contributed by atoms with Crippen LogP contribution in [0.5, 0.6) is 0 Å². The van der Waals surface area contributed by atoms with Gasteiger partial charge in [-0.3, -0.25) is 0 Å². The van der Waals surface area contributed by atoms with Gasteiger partial charge < -0.3 is 10.0 Å². The molecule has 3 rings (SSSR count). The van der Waals surface area contributed by atoms with Crippen LogP contribution < -0.4 is 0 Å². The molecule has 1 aliphatic carbocycles. The van der Waals surface area contributed by atoms with Crippen molar-refractivity contribution in [1.29, 1.82) is 0 Å². The van der Waals surface area contributed by atoms with E-state index in [9.17, 15) is 21.6 Å². The van der Waals surface area contributed by atoms with Crippen LogP contribution in [0, 0.1) is 5.92 Å². The molecule has 3 fully saturated rings. The number of alkyl halides is 3. The Bertz CT molecular complexity index is 592. The lowest BCUT2D eigenvalue weighted by atomic mass is 9.87. The number of piperidine rings is 1. The smallest absolute Gasteiger partial charge is 0.475 e. The molecule has 25 heavy (non-hydrogen) atoms. The van der Waals surface area contributed by atoms with Crippen LogP contribution in [0.15, 0.2) is 0 Å². The van der Waals surface area contributed by atoms with Gasteiger partial charge in [0.05, 0.1) is 6.26 Å². The minimum absolute atomic E-state index is 0.0687. The highest BCUT2D eigenvalue weighted by atomic mass is 32.2. The van der Waals surface area contributed by atoms with Crippen LogP contribution in [-0.2, 0) is 14.8 Å². The molecule has 2 heterocycles. The first kappa shape index (κ1) is 20.4. The maximum atomic E-state index is 12.0. The van der Waals surface area contributed by atoms with Gasteiger partial charge in [-0.15, -0.1) is 0 Å². The molecular weight excluding hydrogens is 361 g/mol. The quantitative estimate of drug-likeness (QED) is 0.802. The van der Waals surface area contributed by atoms with Crippen LogP contribution in [-0.4, -0.2) is 72.8 Å². The first-order valence-corrected chi connectivity index (χ1v) is 10.3. The van der Waals surface area contributed by atoms with Crippen LogP contribution in [0.25, 0.3) is 0 Å². The van der Waals surface area contributed by atoms with E-state index in [-0.39, 0.29) is 5.54 Å². The van der Waals surface area contributed by atoms with Gasteiger partial charge in [0.25, 0.3) is 0 Å². The maximum Gasteiger partial charge on any atom is 0.490 e. The van der Waals surface area contributed by atoms with Crippen molar-refractivity contribution in [3.8, 4) is 0 Å². The summed E-state index contributed by atoms with van der Waals surface area (Å²) in [6.45, 7) is 4.06. The zero-order valence-corrected chi connectivity index (χ0v) is 15.1. The van der Waals surface area contributed by atoms with E-state index in [1.165, 1.54) is 25.6 Å². The third-order valence-electron chi connectivity index (χ3n) is 5.02. The maximum absolute atomic E-state index is 12.0. The number of hydrogen-bond acceptors (Lipinski definition) is 4. The normalized spacial score (nSPS) is 28.6. The third kappa shape index (κ3) is 5.55.